The Labute approximate surface area is 118 Å². The van der Waals surface area contributed by atoms with Crippen molar-refractivity contribution in [2.75, 3.05) is 30.9 Å². The number of hydrogen-bond donors (Lipinski definition) is 0. The summed E-state index contributed by atoms with van der Waals surface area (Å²) in [6.45, 7) is 1.54. The van der Waals surface area contributed by atoms with Crippen molar-refractivity contribution in [2.45, 2.75) is 24.5 Å². The number of aromatic nitrogens is 2. The van der Waals surface area contributed by atoms with Crippen LogP contribution in [0, 0.1) is 0 Å². The fourth-order valence-corrected chi connectivity index (χ4v) is 3.37. The van der Waals surface area contributed by atoms with Gasteiger partial charge in [0, 0.05) is 39.6 Å². The van der Waals surface area contributed by atoms with Gasteiger partial charge in [0.2, 0.25) is 5.91 Å². The quantitative estimate of drug-likeness (QED) is 0.745. The fraction of sp³-hybridized carbons (Fsp3) is 0.692. The standard InChI is InChI=1S/C13H21N3O2S/c1-15-8-6-12(14-15)16-7-3-5-11(13(16)17)19-10-4-9-18-2/h6,8,11H,3-5,7,9-10H2,1-2H3/t11-/m1/s1. The minimum absolute atomic E-state index is 0.0765. The molecular weight excluding hydrogens is 262 g/mol. The topological polar surface area (TPSA) is 47.4 Å². The van der Waals surface area contributed by atoms with E-state index in [0.29, 0.717) is 0 Å². The van der Waals surface area contributed by atoms with Gasteiger partial charge >= 0.3 is 0 Å². The van der Waals surface area contributed by atoms with Crippen LogP contribution in [0.5, 0.6) is 0 Å². The van der Waals surface area contributed by atoms with E-state index < -0.39 is 0 Å². The molecule has 1 aromatic heterocycles. The maximum absolute atomic E-state index is 12.4. The molecule has 1 aliphatic rings. The number of carbonyl (C=O) groups is 1. The normalized spacial score (nSPS) is 20.0. The molecule has 106 valence electrons. The molecule has 0 aliphatic carbocycles. The summed E-state index contributed by atoms with van der Waals surface area (Å²) in [4.78, 5) is 14.2. The van der Waals surface area contributed by atoms with Gasteiger partial charge in [-0.25, -0.2) is 0 Å². The maximum Gasteiger partial charge on any atom is 0.241 e. The van der Waals surface area contributed by atoms with E-state index >= 15 is 0 Å². The third kappa shape index (κ3) is 3.73. The highest BCUT2D eigenvalue weighted by molar-refractivity contribution is 8.00. The van der Waals surface area contributed by atoms with Gasteiger partial charge in [0.05, 0.1) is 5.25 Å². The summed E-state index contributed by atoms with van der Waals surface area (Å²) in [6.07, 6.45) is 4.89. The van der Waals surface area contributed by atoms with Crippen molar-refractivity contribution in [3.8, 4) is 0 Å². The van der Waals surface area contributed by atoms with Crippen LogP contribution in [-0.2, 0) is 16.6 Å². The molecule has 1 aliphatic heterocycles. The molecule has 0 saturated carbocycles. The van der Waals surface area contributed by atoms with Crippen molar-refractivity contribution in [1.82, 2.24) is 9.78 Å². The first-order valence-electron chi connectivity index (χ1n) is 6.64. The van der Waals surface area contributed by atoms with Crippen molar-refractivity contribution < 1.29 is 9.53 Å². The summed E-state index contributed by atoms with van der Waals surface area (Å²) in [5.74, 6) is 1.95. The van der Waals surface area contributed by atoms with Crippen LogP contribution in [0.1, 0.15) is 19.3 Å². The lowest BCUT2D eigenvalue weighted by Crippen LogP contribution is -2.43. The molecule has 19 heavy (non-hydrogen) atoms. The number of nitrogens with zero attached hydrogens (tertiary/aromatic N) is 3. The van der Waals surface area contributed by atoms with Gasteiger partial charge in [-0.3, -0.25) is 14.4 Å². The molecule has 6 heteroatoms. The van der Waals surface area contributed by atoms with Crippen molar-refractivity contribution in [1.29, 1.82) is 0 Å². The summed E-state index contributed by atoms with van der Waals surface area (Å²) in [5.41, 5.74) is 0. The molecule has 1 amide bonds. The minimum Gasteiger partial charge on any atom is -0.385 e. The van der Waals surface area contributed by atoms with Gasteiger partial charge in [0.25, 0.3) is 0 Å². The maximum atomic E-state index is 12.4. The molecule has 2 rings (SSSR count). The average Bonchev–Trinajstić information content (AvgIpc) is 2.83. The van der Waals surface area contributed by atoms with Crippen LogP contribution < -0.4 is 4.90 Å². The van der Waals surface area contributed by atoms with Crippen LogP contribution in [0.15, 0.2) is 12.3 Å². The molecule has 1 atom stereocenters. The number of amides is 1. The lowest BCUT2D eigenvalue weighted by Gasteiger charge is -2.30. The van der Waals surface area contributed by atoms with Crippen LogP contribution in [0.2, 0.25) is 0 Å². The first kappa shape index (κ1) is 14.4. The third-order valence-corrected chi connectivity index (χ3v) is 4.54. The molecule has 0 N–H and O–H groups in total. The van der Waals surface area contributed by atoms with E-state index in [0.717, 1.165) is 44.0 Å². The van der Waals surface area contributed by atoms with Gasteiger partial charge in [0.15, 0.2) is 5.82 Å². The number of piperidine rings is 1. The SMILES string of the molecule is COCCCS[C@@H]1CCCN(c2ccn(C)n2)C1=O. The first-order chi connectivity index (χ1) is 9.22. The number of ether oxygens (including phenoxy) is 1. The molecule has 0 spiro atoms. The molecule has 1 fully saturated rings. The highest BCUT2D eigenvalue weighted by Crippen LogP contribution is 2.27. The molecule has 0 unspecified atom stereocenters. The van der Waals surface area contributed by atoms with Gasteiger partial charge in [-0.2, -0.15) is 5.10 Å². The zero-order chi connectivity index (χ0) is 13.7. The van der Waals surface area contributed by atoms with Crippen molar-refractivity contribution in [3.63, 3.8) is 0 Å². The van der Waals surface area contributed by atoms with Crippen molar-refractivity contribution >= 4 is 23.5 Å². The van der Waals surface area contributed by atoms with E-state index in [1.54, 1.807) is 23.6 Å². The second-order valence-corrected chi connectivity index (χ2v) is 6.00. The smallest absolute Gasteiger partial charge is 0.241 e. The van der Waals surface area contributed by atoms with E-state index in [1.165, 1.54) is 0 Å². The summed E-state index contributed by atoms with van der Waals surface area (Å²) in [6, 6.07) is 1.90. The molecule has 0 aromatic carbocycles. The zero-order valence-corrected chi connectivity index (χ0v) is 12.4. The lowest BCUT2D eigenvalue weighted by atomic mass is 10.1. The van der Waals surface area contributed by atoms with Crippen LogP contribution in [-0.4, -0.2) is 47.0 Å². The Morgan fingerprint density at radius 2 is 2.42 bits per heavy atom. The van der Waals surface area contributed by atoms with Crippen LogP contribution in [0.4, 0.5) is 5.82 Å². The van der Waals surface area contributed by atoms with Crippen LogP contribution in [0.3, 0.4) is 0 Å². The Bertz CT molecular complexity index is 422. The molecule has 1 aromatic rings. The van der Waals surface area contributed by atoms with Crippen molar-refractivity contribution in [2.24, 2.45) is 7.05 Å². The summed E-state index contributed by atoms with van der Waals surface area (Å²) in [7, 11) is 3.58. The Balaban J connectivity index is 1.91. The summed E-state index contributed by atoms with van der Waals surface area (Å²) >= 11 is 1.74. The number of thioether (sulfide) groups is 1. The predicted molar refractivity (Wildman–Crippen MR) is 77.5 cm³/mol. The third-order valence-electron chi connectivity index (χ3n) is 3.18. The van der Waals surface area contributed by atoms with Crippen LogP contribution in [0.25, 0.3) is 0 Å². The zero-order valence-electron chi connectivity index (χ0n) is 11.5. The van der Waals surface area contributed by atoms with E-state index in [-0.39, 0.29) is 11.2 Å². The van der Waals surface area contributed by atoms with E-state index in [4.69, 9.17) is 4.74 Å². The molecule has 5 nitrogen and oxygen atoms in total. The van der Waals surface area contributed by atoms with E-state index in [2.05, 4.69) is 5.10 Å². The molecular formula is C13H21N3O2S. The Morgan fingerprint density at radius 1 is 1.58 bits per heavy atom. The average molecular weight is 283 g/mol. The van der Waals surface area contributed by atoms with Crippen LogP contribution >= 0.6 is 11.8 Å². The van der Waals surface area contributed by atoms with E-state index in [1.807, 2.05) is 24.2 Å². The monoisotopic (exact) mass is 283 g/mol. The highest BCUT2D eigenvalue weighted by atomic mass is 32.2. The molecule has 1 saturated heterocycles. The second-order valence-electron chi connectivity index (χ2n) is 4.69. The van der Waals surface area contributed by atoms with Gasteiger partial charge < -0.3 is 4.74 Å². The van der Waals surface area contributed by atoms with Gasteiger partial charge in [0.1, 0.15) is 0 Å². The molecule has 2 heterocycles. The Kier molecular flexibility index (Phi) is 5.27. The first-order valence-corrected chi connectivity index (χ1v) is 7.69. The summed E-state index contributed by atoms with van der Waals surface area (Å²) in [5, 5.41) is 4.40. The Hall–Kier alpha value is -1.01. The summed E-state index contributed by atoms with van der Waals surface area (Å²) < 4.78 is 6.76. The molecule has 0 radical (unpaired) electrons. The number of anilines is 1. The number of carbonyl (C=O) groups excluding carboxylic acids is 1. The number of hydrogen-bond acceptors (Lipinski definition) is 4. The number of aryl methyl sites for hydroxylation is 1. The number of methoxy groups -OCH3 is 1. The molecule has 0 bridgehead atoms. The predicted octanol–water partition coefficient (Wildman–Crippen LogP) is 1.69. The lowest BCUT2D eigenvalue weighted by molar-refractivity contribution is -0.119. The fourth-order valence-electron chi connectivity index (χ4n) is 2.20. The minimum atomic E-state index is 0.0765. The number of rotatable bonds is 6. The van der Waals surface area contributed by atoms with Gasteiger partial charge in [-0.15, -0.1) is 11.8 Å². The Morgan fingerprint density at radius 3 is 3.11 bits per heavy atom. The van der Waals surface area contributed by atoms with E-state index in [9.17, 15) is 4.79 Å². The highest BCUT2D eigenvalue weighted by Gasteiger charge is 2.30. The van der Waals surface area contributed by atoms with Crippen molar-refractivity contribution in [3.05, 3.63) is 12.3 Å². The van der Waals surface area contributed by atoms with Gasteiger partial charge in [-0.05, 0) is 25.0 Å². The second kappa shape index (κ2) is 6.96. The largest absolute Gasteiger partial charge is 0.385 e. The van der Waals surface area contributed by atoms with Gasteiger partial charge in [-0.1, -0.05) is 0 Å².